The van der Waals surface area contributed by atoms with Crippen molar-refractivity contribution < 1.29 is 4.74 Å². The molecule has 6 heteroatoms. The molecule has 1 aromatic heterocycles. The lowest BCUT2D eigenvalue weighted by molar-refractivity contribution is 0.390. The smallest absolute Gasteiger partial charge is 0.232 e. The van der Waals surface area contributed by atoms with Gasteiger partial charge in [-0.05, 0) is 42.2 Å². The number of halogens is 1. The van der Waals surface area contributed by atoms with Crippen LogP contribution in [0.5, 0.6) is 5.88 Å². The maximum absolute atomic E-state index is 5.23. The van der Waals surface area contributed by atoms with Gasteiger partial charge in [0.25, 0.3) is 0 Å². The van der Waals surface area contributed by atoms with Gasteiger partial charge in [-0.3, -0.25) is 0 Å². The van der Waals surface area contributed by atoms with Gasteiger partial charge in [-0.2, -0.15) is 4.98 Å². The number of hydrogen-bond donors (Lipinski definition) is 1. The molecule has 1 aromatic rings. The van der Waals surface area contributed by atoms with Crippen molar-refractivity contribution in [1.82, 2.24) is 15.3 Å². The number of nitrogens with one attached hydrogen (secondary N) is 1. The molecule has 100 valence electrons. The van der Waals surface area contributed by atoms with Crippen molar-refractivity contribution in [2.24, 2.45) is 0 Å². The monoisotopic (exact) mass is 314 g/mol. The zero-order valence-electron chi connectivity index (χ0n) is 10.8. The minimum absolute atomic E-state index is 0.467. The van der Waals surface area contributed by atoms with E-state index >= 15 is 0 Å². The highest BCUT2D eigenvalue weighted by molar-refractivity contribution is 9.10. The van der Waals surface area contributed by atoms with E-state index in [1.54, 1.807) is 13.3 Å². The fourth-order valence-electron chi connectivity index (χ4n) is 2.29. The van der Waals surface area contributed by atoms with Crippen molar-refractivity contribution in [3.8, 4) is 5.88 Å². The Labute approximate surface area is 116 Å². The normalized spacial score (nSPS) is 19.6. The molecule has 0 radical (unpaired) electrons. The minimum Gasteiger partial charge on any atom is -0.480 e. The molecule has 1 atom stereocenters. The Bertz CT molecular complexity index is 396. The van der Waals surface area contributed by atoms with Gasteiger partial charge < -0.3 is 15.0 Å². The summed E-state index contributed by atoms with van der Waals surface area (Å²) in [6, 6.07) is 0.467. The summed E-state index contributed by atoms with van der Waals surface area (Å²) in [5, 5.41) is 3.42. The quantitative estimate of drug-likeness (QED) is 0.918. The van der Waals surface area contributed by atoms with Crippen LogP contribution in [0.2, 0.25) is 0 Å². The molecule has 0 aromatic carbocycles. The SMILES string of the molecule is CCN(c1ncc(Br)c(OC)n1)C1CCCNC1. The van der Waals surface area contributed by atoms with E-state index in [4.69, 9.17) is 4.74 Å². The second kappa shape index (κ2) is 6.33. The van der Waals surface area contributed by atoms with Crippen molar-refractivity contribution in [3.63, 3.8) is 0 Å². The van der Waals surface area contributed by atoms with E-state index < -0.39 is 0 Å². The average molecular weight is 315 g/mol. The number of methoxy groups -OCH3 is 1. The molecule has 2 rings (SSSR count). The Kier molecular flexibility index (Phi) is 4.77. The Morgan fingerprint density at radius 2 is 2.44 bits per heavy atom. The predicted octanol–water partition coefficient (Wildman–Crippen LogP) is 1.83. The van der Waals surface area contributed by atoms with Crippen LogP contribution in [0, 0.1) is 0 Å². The van der Waals surface area contributed by atoms with E-state index in [-0.39, 0.29) is 0 Å². The standard InChI is InChI=1S/C12H19BrN4O/c1-3-17(9-5-4-6-14-7-9)12-15-8-10(13)11(16-12)18-2/h8-9,14H,3-7H2,1-2H3. The van der Waals surface area contributed by atoms with Gasteiger partial charge >= 0.3 is 0 Å². The van der Waals surface area contributed by atoms with Crippen molar-refractivity contribution in [2.45, 2.75) is 25.8 Å². The fraction of sp³-hybridized carbons (Fsp3) is 0.667. The Morgan fingerprint density at radius 1 is 1.61 bits per heavy atom. The van der Waals surface area contributed by atoms with Crippen LogP contribution in [0.15, 0.2) is 10.7 Å². The summed E-state index contributed by atoms with van der Waals surface area (Å²) in [6.45, 7) is 5.14. The summed E-state index contributed by atoms with van der Waals surface area (Å²) < 4.78 is 6.01. The molecule has 0 bridgehead atoms. The molecule has 0 saturated carbocycles. The second-order valence-corrected chi connectivity index (χ2v) is 5.17. The molecule has 2 heterocycles. The Morgan fingerprint density at radius 3 is 3.06 bits per heavy atom. The van der Waals surface area contributed by atoms with E-state index in [1.165, 1.54) is 12.8 Å². The third-order valence-electron chi connectivity index (χ3n) is 3.20. The fourth-order valence-corrected chi connectivity index (χ4v) is 2.64. The zero-order chi connectivity index (χ0) is 13.0. The van der Waals surface area contributed by atoms with Crippen LogP contribution in [-0.2, 0) is 0 Å². The summed E-state index contributed by atoms with van der Waals surface area (Å²) in [5.41, 5.74) is 0. The molecule has 0 amide bonds. The second-order valence-electron chi connectivity index (χ2n) is 4.31. The van der Waals surface area contributed by atoms with Crippen LogP contribution in [0.25, 0.3) is 0 Å². The van der Waals surface area contributed by atoms with Crippen LogP contribution in [0.4, 0.5) is 5.95 Å². The van der Waals surface area contributed by atoms with E-state index in [1.807, 2.05) is 0 Å². The van der Waals surface area contributed by atoms with Gasteiger partial charge in [0.05, 0.1) is 17.8 Å². The number of anilines is 1. The van der Waals surface area contributed by atoms with Crippen LogP contribution in [0.1, 0.15) is 19.8 Å². The first-order valence-electron chi connectivity index (χ1n) is 6.30. The number of ether oxygens (including phenoxy) is 1. The topological polar surface area (TPSA) is 50.3 Å². The van der Waals surface area contributed by atoms with Crippen LogP contribution in [0.3, 0.4) is 0 Å². The van der Waals surface area contributed by atoms with Crippen LogP contribution in [-0.4, -0.2) is 42.8 Å². The highest BCUT2D eigenvalue weighted by Crippen LogP contribution is 2.25. The van der Waals surface area contributed by atoms with Crippen molar-refractivity contribution in [1.29, 1.82) is 0 Å². The van der Waals surface area contributed by atoms with Gasteiger partial charge in [0.1, 0.15) is 0 Å². The molecule has 0 aliphatic carbocycles. The lowest BCUT2D eigenvalue weighted by atomic mass is 10.1. The molecule has 1 fully saturated rings. The van der Waals surface area contributed by atoms with Crippen LogP contribution < -0.4 is 15.0 Å². The number of likely N-dealkylation sites (N-methyl/N-ethyl adjacent to an activating group) is 1. The third-order valence-corrected chi connectivity index (χ3v) is 3.75. The predicted molar refractivity (Wildman–Crippen MR) is 75.2 cm³/mol. The maximum atomic E-state index is 5.23. The molecule has 1 aliphatic heterocycles. The molecule has 5 nitrogen and oxygen atoms in total. The van der Waals surface area contributed by atoms with Crippen molar-refractivity contribution >= 4 is 21.9 Å². The Balaban J connectivity index is 2.20. The lowest BCUT2D eigenvalue weighted by Gasteiger charge is -2.34. The van der Waals surface area contributed by atoms with Gasteiger partial charge in [-0.25, -0.2) is 4.98 Å². The maximum Gasteiger partial charge on any atom is 0.232 e. The molecule has 18 heavy (non-hydrogen) atoms. The van der Waals surface area contributed by atoms with Gasteiger partial charge in [0, 0.05) is 19.1 Å². The molecule has 1 unspecified atom stereocenters. The first-order valence-corrected chi connectivity index (χ1v) is 7.09. The molecule has 1 aliphatic rings. The number of rotatable bonds is 4. The van der Waals surface area contributed by atoms with Gasteiger partial charge in [0.2, 0.25) is 11.8 Å². The summed E-state index contributed by atoms with van der Waals surface area (Å²) in [5.74, 6) is 1.33. The average Bonchev–Trinajstić information content (AvgIpc) is 2.42. The minimum atomic E-state index is 0.467. The van der Waals surface area contributed by atoms with E-state index in [0.717, 1.165) is 30.1 Å². The van der Waals surface area contributed by atoms with Gasteiger partial charge in [-0.1, -0.05) is 0 Å². The van der Waals surface area contributed by atoms with Crippen LogP contribution >= 0.6 is 15.9 Å². The highest BCUT2D eigenvalue weighted by atomic mass is 79.9. The first-order chi connectivity index (χ1) is 8.76. The van der Waals surface area contributed by atoms with Crippen molar-refractivity contribution in [3.05, 3.63) is 10.7 Å². The molecular formula is C12H19BrN4O. The number of nitrogens with zero attached hydrogens (tertiary/aromatic N) is 3. The van der Waals surface area contributed by atoms with E-state index in [2.05, 4.69) is 43.0 Å². The summed E-state index contributed by atoms with van der Waals surface area (Å²) in [4.78, 5) is 11.1. The summed E-state index contributed by atoms with van der Waals surface area (Å²) >= 11 is 3.38. The highest BCUT2D eigenvalue weighted by Gasteiger charge is 2.22. The molecule has 1 N–H and O–H groups in total. The number of piperidine rings is 1. The molecule has 1 saturated heterocycles. The Hall–Kier alpha value is -0.880. The van der Waals surface area contributed by atoms with Crippen molar-refractivity contribution in [2.75, 3.05) is 31.6 Å². The summed E-state index contributed by atoms with van der Waals surface area (Å²) in [7, 11) is 1.62. The largest absolute Gasteiger partial charge is 0.480 e. The summed E-state index contributed by atoms with van der Waals surface area (Å²) in [6.07, 6.45) is 4.14. The number of aromatic nitrogens is 2. The van der Waals surface area contributed by atoms with E-state index in [9.17, 15) is 0 Å². The molecule has 0 spiro atoms. The molecular weight excluding hydrogens is 296 g/mol. The zero-order valence-corrected chi connectivity index (χ0v) is 12.4. The number of hydrogen-bond acceptors (Lipinski definition) is 5. The third kappa shape index (κ3) is 2.92. The first kappa shape index (κ1) is 13.5. The van der Waals surface area contributed by atoms with Gasteiger partial charge in [0.15, 0.2) is 0 Å². The van der Waals surface area contributed by atoms with E-state index in [0.29, 0.717) is 11.9 Å². The lowest BCUT2D eigenvalue weighted by Crippen LogP contribution is -2.46. The van der Waals surface area contributed by atoms with Gasteiger partial charge in [-0.15, -0.1) is 0 Å².